The van der Waals surface area contributed by atoms with E-state index in [1.165, 1.54) is 0 Å². The van der Waals surface area contributed by atoms with E-state index in [-0.39, 0.29) is 0 Å². The van der Waals surface area contributed by atoms with Crippen LogP contribution in [0.25, 0.3) is 0 Å². The Hall–Kier alpha value is -1.59. The van der Waals surface area contributed by atoms with Gasteiger partial charge in [-0.05, 0) is 52.1 Å². The molecular weight excluding hydrogens is 268 g/mol. The summed E-state index contributed by atoms with van der Waals surface area (Å²) in [5, 5.41) is 0. The molecule has 0 saturated carbocycles. The molecule has 1 saturated heterocycles. The van der Waals surface area contributed by atoms with Gasteiger partial charge in [0.05, 0.1) is 5.56 Å². The molecule has 1 aliphatic rings. The molecule has 116 valence electrons. The molecule has 1 aromatic rings. The number of carbonyl (C=O) groups is 1. The third-order valence-corrected chi connectivity index (χ3v) is 3.34. The molecule has 0 radical (unpaired) electrons. The predicted molar refractivity (Wildman–Crippen MR) is 82.4 cm³/mol. The molecule has 0 atom stereocenters. The molecule has 1 aliphatic heterocycles. The van der Waals surface area contributed by atoms with E-state index in [1.807, 2.05) is 32.9 Å². The van der Waals surface area contributed by atoms with Crippen molar-refractivity contribution in [3.8, 4) is 0 Å². The lowest BCUT2D eigenvalue weighted by Crippen LogP contribution is -2.44. The van der Waals surface area contributed by atoms with E-state index in [0.29, 0.717) is 5.56 Å². The fourth-order valence-corrected chi connectivity index (χ4v) is 2.08. The summed E-state index contributed by atoms with van der Waals surface area (Å²) in [7, 11) is 2.13. The van der Waals surface area contributed by atoms with Gasteiger partial charge in [0.1, 0.15) is 5.60 Å². The first-order valence-electron chi connectivity index (χ1n) is 7.29. The summed E-state index contributed by atoms with van der Waals surface area (Å²) in [6.45, 7) is 9.62. The second-order valence-corrected chi connectivity index (χ2v) is 6.40. The van der Waals surface area contributed by atoms with Gasteiger partial charge in [0.15, 0.2) is 0 Å². The number of benzene rings is 1. The zero-order valence-electron chi connectivity index (χ0n) is 13.3. The zero-order valence-corrected chi connectivity index (χ0v) is 13.3. The van der Waals surface area contributed by atoms with E-state index in [0.717, 1.165) is 31.9 Å². The summed E-state index contributed by atoms with van der Waals surface area (Å²) >= 11 is 0. The van der Waals surface area contributed by atoms with E-state index in [2.05, 4.69) is 16.8 Å². The van der Waals surface area contributed by atoms with Crippen molar-refractivity contribution in [2.75, 3.05) is 38.1 Å². The lowest BCUT2D eigenvalue weighted by atomic mass is 10.2. The molecule has 0 aliphatic carbocycles. The molecule has 0 bridgehead atoms. The van der Waals surface area contributed by atoms with Crippen LogP contribution in [0.4, 0.5) is 5.69 Å². The van der Waals surface area contributed by atoms with Crippen LogP contribution in [0.3, 0.4) is 0 Å². The van der Waals surface area contributed by atoms with Gasteiger partial charge in [0, 0.05) is 31.9 Å². The Balaban J connectivity index is 1.94. The molecule has 1 fully saturated rings. The van der Waals surface area contributed by atoms with Crippen molar-refractivity contribution in [2.45, 2.75) is 26.4 Å². The molecule has 5 nitrogen and oxygen atoms in total. The molecule has 2 rings (SSSR count). The van der Waals surface area contributed by atoms with E-state index in [9.17, 15) is 4.79 Å². The minimum Gasteiger partial charge on any atom is -0.369 e. The lowest BCUT2D eigenvalue weighted by molar-refractivity contribution is -0.301. The highest BCUT2D eigenvalue weighted by atomic mass is 17.2. The second-order valence-electron chi connectivity index (χ2n) is 6.40. The van der Waals surface area contributed by atoms with Gasteiger partial charge in [-0.3, -0.25) is 4.89 Å². The first-order chi connectivity index (χ1) is 9.85. The fraction of sp³-hybridized carbons (Fsp3) is 0.562. The van der Waals surface area contributed by atoms with Gasteiger partial charge in [-0.25, -0.2) is 4.79 Å². The van der Waals surface area contributed by atoms with Crippen LogP contribution in [0.5, 0.6) is 0 Å². The van der Waals surface area contributed by atoms with Crippen LogP contribution in [-0.2, 0) is 9.78 Å². The third-order valence-electron chi connectivity index (χ3n) is 3.34. The van der Waals surface area contributed by atoms with Crippen molar-refractivity contribution in [1.29, 1.82) is 0 Å². The maximum Gasteiger partial charge on any atom is 0.373 e. The Morgan fingerprint density at radius 3 is 2.14 bits per heavy atom. The molecule has 0 amide bonds. The second kappa shape index (κ2) is 6.45. The lowest BCUT2D eigenvalue weighted by Gasteiger charge is -2.34. The Morgan fingerprint density at radius 2 is 1.62 bits per heavy atom. The van der Waals surface area contributed by atoms with E-state index in [4.69, 9.17) is 9.78 Å². The van der Waals surface area contributed by atoms with E-state index in [1.54, 1.807) is 12.1 Å². The van der Waals surface area contributed by atoms with Crippen molar-refractivity contribution in [2.24, 2.45) is 0 Å². The molecule has 1 heterocycles. The summed E-state index contributed by atoms with van der Waals surface area (Å²) in [5.74, 6) is -0.463. The van der Waals surface area contributed by atoms with Crippen molar-refractivity contribution in [3.05, 3.63) is 29.8 Å². The van der Waals surface area contributed by atoms with Gasteiger partial charge in [-0.2, -0.15) is 4.89 Å². The van der Waals surface area contributed by atoms with Crippen LogP contribution in [0.2, 0.25) is 0 Å². The zero-order chi connectivity index (χ0) is 15.5. The van der Waals surface area contributed by atoms with Crippen LogP contribution in [-0.4, -0.2) is 49.7 Å². The number of hydrogen-bond acceptors (Lipinski definition) is 5. The molecule has 0 aromatic heterocycles. The fourth-order valence-electron chi connectivity index (χ4n) is 2.08. The summed E-state index contributed by atoms with van der Waals surface area (Å²) in [6.07, 6.45) is 0. The van der Waals surface area contributed by atoms with Crippen molar-refractivity contribution in [3.63, 3.8) is 0 Å². The first-order valence-corrected chi connectivity index (χ1v) is 7.29. The molecule has 5 heteroatoms. The highest BCUT2D eigenvalue weighted by Crippen LogP contribution is 2.18. The van der Waals surface area contributed by atoms with Gasteiger partial charge in [-0.15, -0.1) is 0 Å². The van der Waals surface area contributed by atoms with Crippen LogP contribution in [0, 0.1) is 0 Å². The van der Waals surface area contributed by atoms with Gasteiger partial charge >= 0.3 is 5.97 Å². The van der Waals surface area contributed by atoms with Gasteiger partial charge < -0.3 is 9.80 Å². The molecule has 0 N–H and O–H groups in total. The minimum absolute atomic E-state index is 0.463. The van der Waals surface area contributed by atoms with Crippen molar-refractivity contribution >= 4 is 11.7 Å². The van der Waals surface area contributed by atoms with Gasteiger partial charge in [0.2, 0.25) is 0 Å². The number of carbonyl (C=O) groups excluding carboxylic acids is 1. The van der Waals surface area contributed by atoms with Crippen molar-refractivity contribution < 1.29 is 14.6 Å². The highest BCUT2D eigenvalue weighted by molar-refractivity contribution is 5.89. The average Bonchev–Trinajstić information content (AvgIpc) is 2.45. The normalized spacial score (nSPS) is 16.9. The smallest absolute Gasteiger partial charge is 0.369 e. The van der Waals surface area contributed by atoms with E-state index >= 15 is 0 Å². The molecule has 0 spiro atoms. The first kappa shape index (κ1) is 15.8. The Kier molecular flexibility index (Phi) is 4.85. The maximum atomic E-state index is 11.9. The summed E-state index contributed by atoms with van der Waals surface area (Å²) in [5.41, 5.74) is 1.13. The predicted octanol–water partition coefficient (Wildman–Crippen LogP) is 2.33. The number of piperazine rings is 1. The number of rotatable bonds is 3. The average molecular weight is 292 g/mol. The minimum atomic E-state index is -0.505. The summed E-state index contributed by atoms with van der Waals surface area (Å²) in [6, 6.07) is 7.47. The molecule has 21 heavy (non-hydrogen) atoms. The van der Waals surface area contributed by atoms with E-state index < -0.39 is 11.6 Å². The molecular formula is C16H24N2O3. The third kappa shape index (κ3) is 4.72. The van der Waals surface area contributed by atoms with Crippen LogP contribution < -0.4 is 4.90 Å². The topological polar surface area (TPSA) is 42.0 Å². The highest BCUT2D eigenvalue weighted by Gasteiger charge is 2.18. The molecule has 1 aromatic carbocycles. The summed E-state index contributed by atoms with van der Waals surface area (Å²) < 4.78 is 0. The van der Waals surface area contributed by atoms with Gasteiger partial charge in [0.25, 0.3) is 0 Å². The monoisotopic (exact) mass is 292 g/mol. The number of nitrogens with zero attached hydrogens (tertiary/aromatic N) is 2. The number of anilines is 1. The molecule has 0 unspecified atom stereocenters. The largest absolute Gasteiger partial charge is 0.373 e. The summed E-state index contributed by atoms with van der Waals surface area (Å²) in [4.78, 5) is 26.4. The van der Waals surface area contributed by atoms with Crippen LogP contribution in [0.15, 0.2) is 24.3 Å². The number of likely N-dealkylation sites (N-methyl/N-ethyl adjacent to an activating group) is 1. The maximum absolute atomic E-state index is 11.9. The van der Waals surface area contributed by atoms with Crippen molar-refractivity contribution in [1.82, 2.24) is 4.90 Å². The SMILES string of the molecule is CN1CCN(c2ccc(C(=O)OOC(C)(C)C)cc2)CC1. The Morgan fingerprint density at radius 1 is 1.05 bits per heavy atom. The Labute approximate surface area is 126 Å². The van der Waals surface area contributed by atoms with Crippen LogP contribution in [0.1, 0.15) is 31.1 Å². The quantitative estimate of drug-likeness (QED) is 0.632. The van der Waals surface area contributed by atoms with Crippen LogP contribution >= 0.6 is 0 Å². The Bertz CT molecular complexity index is 471. The van der Waals surface area contributed by atoms with Gasteiger partial charge in [-0.1, -0.05) is 0 Å². The standard InChI is InChI=1S/C16H24N2O3/c1-16(2,3)21-20-15(19)13-5-7-14(8-6-13)18-11-9-17(4)10-12-18/h5-8H,9-12H2,1-4H3. The number of hydrogen-bond donors (Lipinski definition) is 0.